The van der Waals surface area contributed by atoms with Crippen molar-refractivity contribution in [3.05, 3.63) is 81.8 Å². The van der Waals surface area contributed by atoms with Gasteiger partial charge in [-0.1, -0.05) is 36.4 Å². The topological polar surface area (TPSA) is 72.2 Å². The average molecular weight is 320 g/mol. The van der Waals surface area contributed by atoms with Crippen LogP contribution in [0.4, 0.5) is 0 Å². The van der Waals surface area contributed by atoms with E-state index in [2.05, 4.69) is 4.98 Å². The van der Waals surface area contributed by atoms with Gasteiger partial charge in [-0.05, 0) is 37.1 Å². The molecule has 0 aliphatic heterocycles. The molecule has 0 unspecified atom stereocenters. The van der Waals surface area contributed by atoms with E-state index in [0.29, 0.717) is 11.5 Å². The number of rotatable bonds is 3. The minimum atomic E-state index is -1.29. The lowest BCUT2D eigenvalue weighted by Gasteiger charge is -2.14. The zero-order chi connectivity index (χ0) is 17.3. The lowest BCUT2D eigenvalue weighted by Crippen LogP contribution is -2.27. The second-order valence-corrected chi connectivity index (χ2v) is 5.58. The van der Waals surface area contributed by atoms with E-state index in [4.69, 9.17) is 0 Å². The number of aromatic nitrogens is 2. The predicted molar refractivity (Wildman–Crippen MR) is 91.7 cm³/mol. The van der Waals surface area contributed by atoms with Gasteiger partial charge in [0.15, 0.2) is 0 Å². The minimum absolute atomic E-state index is 0.354. The molecule has 0 bridgehead atoms. The smallest absolute Gasteiger partial charge is 0.342 e. The molecule has 5 heteroatoms. The quantitative estimate of drug-likeness (QED) is 0.804. The third-order valence-corrected chi connectivity index (χ3v) is 3.97. The summed E-state index contributed by atoms with van der Waals surface area (Å²) in [6.45, 7) is 3.92. The highest BCUT2D eigenvalue weighted by molar-refractivity contribution is 5.87. The van der Waals surface area contributed by atoms with Gasteiger partial charge >= 0.3 is 5.97 Å². The number of carboxylic acids is 1. The highest BCUT2D eigenvalue weighted by Gasteiger charge is 2.17. The Kier molecular flexibility index (Phi) is 4.00. The first-order chi connectivity index (χ1) is 11.5. The van der Waals surface area contributed by atoms with Gasteiger partial charge in [0.25, 0.3) is 5.56 Å². The van der Waals surface area contributed by atoms with Gasteiger partial charge in [0.2, 0.25) is 0 Å². The van der Waals surface area contributed by atoms with Crippen LogP contribution in [0.15, 0.2) is 59.5 Å². The fourth-order valence-corrected chi connectivity index (χ4v) is 2.50. The summed E-state index contributed by atoms with van der Waals surface area (Å²) in [4.78, 5) is 28.3. The highest BCUT2D eigenvalue weighted by atomic mass is 16.4. The van der Waals surface area contributed by atoms with Gasteiger partial charge in [0.05, 0.1) is 5.69 Å². The molecule has 120 valence electrons. The van der Waals surface area contributed by atoms with Crippen molar-refractivity contribution in [3.63, 3.8) is 0 Å². The molecule has 0 spiro atoms. The van der Waals surface area contributed by atoms with Gasteiger partial charge in [-0.3, -0.25) is 9.36 Å². The Balaban J connectivity index is 2.35. The third kappa shape index (κ3) is 2.72. The molecule has 24 heavy (non-hydrogen) atoms. The van der Waals surface area contributed by atoms with E-state index >= 15 is 0 Å². The predicted octanol–water partition coefficient (Wildman–Crippen LogP) is 3.21. The molecular formula is C19H16N2O3. The van der Waals surface area contributed by atoms with Crippen LogP contribution in [-0.4, -0.2) is 20.6 Å². The fourth-order valence-electron chi connectivity index (χ4n) is 2.50. The van der Waals surface area contributed by atoms with Crippen molar-refractivity contribution in [2.45, 2.75) is 13.8 Å². The molecule has 0 aliphatic rings. The molecule has 0 saturated carbocycles. The zero-order valence-corrected chi connectivity index (χ0v) is 13.4. The summed E-state index contributed by atoms with van der Waals surface area (Å²) in [6.07, 6.45) is 1.12. The number of benzene rings is 2. The summed E-state index contributed by atoms with van der Waals surface area (Å²) in [5.41, 5.74) is 2.49. The van der Waals surface area contributed by atoms with E-state index in [-0.39, 0.29) is 5.56 Å². The summed E-state index contributed by atoms with van der Waals surface area (Å²) in [7, 11) is 0. The van der Waals surface area contributed by atoms with Crippen molar-refractivity contribution in [2.24, 2.45) is 0 Å². The van der Waals surface area contributed by atoms with Crippen molar-refractivity contribution in [3.8, 4) is 17.1 Å². The molecule has 1 N–H and O–H groups in total. The van der Waals surface area contributed by atoms with Crippen LogP contribution in [0, 0.1) is 13.8 Å². The molecule has 0 aliphatic carbocycles. The minimum Gasteiger partial charge on any atom is -0.477 e. The van der Waals surface area contributed by atoms with E-state index in [1.165, 1.54) is 4.57 Å². The standard InChI is InChI=1S/C19H16N2O3/c1-12-8-9-15(10-13(12)2)21-17(14-6-4-3-5-7-14)20-11-16(18(21)22)19(23)24/h3-11H,1-2H3,(H,23,24). The first kappa shape index (κ1) is 15.7. The Morgan fingerprint density at radius 3 is 2.38 bits per heavy atom. The van der Waals surface area contributed by atoms with Crippen molar-refractivity contribution in [2.75, 3.05) is 0 Å². The highest BCUT2D eigenvalue weighted by Crippen LogP contribution is 2.21. The van der Waals surface area contributed by atoms with Gasteiger partial charge in [-0.15, -0.1) is 0 Å². The Morgan fingerprint density at radius 2 is 1.75 bits per heavy atom. The number of hydrogen-bond acceptors (Lipinski definition) is 3. The number of carboxylic acid groups (broad SMARTS) is 1. The van der Waals surface area contributed by atoms with Crippen molar-refractivity contribution >= 4 is 5.97 Å². The van der Waals surface area contributed by atoms with Crippen molar-refractivity contribution in [1.29, 1.82) is 0 Å². The van der Waals surface area contributed by atoms with Crippen LogP contribution in [0.5, 0.6) is 0 Å². The van der Waals surface area contributed by atoms with Crippen LogP contribution < -0.4 is 5.56 Å². The average Bonchev–Trinajstić information content (AvgIpc) is 2.57. The Labute approximate surface area is 138 Å². The zero-order valence-electron chi connectivity index (χ0n) is 13.4. The first-order valence-electron chi connectivity index (χ1n) is 7.47. The van der Waals surface area contributed by atoms with Gasteiger partial charge < -0.3 is 5.11 Å². The van der Waals surface area contributed by atoms with Crippen LogP contribution in [0.3, 0.4) is 0 Å². The van der Waals surface area contributed by atoms with E-state index in [1.54, 1.807) is 6.07 Å². The molecule has 0 fully saturated rings. The van der Waals surface area contributed by atoms with Gasteiger partial charge in [-0.25, -0.2) is 9.78 Å². The molecule has 3 rings (SSSR count). The van der Waals surface area contributed by atoms with Crippen molar-refractivity contribution < 1.29 is 9.90 Å². The van der Waals surface area contributed by atoms with E-state index in [9.17, 15) is 14.7 Å². The van der Waals surface area contributed by atoms with E-state index in [1.807, 2.05) is 56.3 Å². The van der Waals surface area contributed by atoms with Crippen LogP contribution in [0.25, 0.3) is 17.1 Å². The van der Waals surface area contributed by atoms with Crippen LogP contribution in [0.2, 0.25) is 0 Å². The molecule has 1 heterocycles. The van der Waals surface area contributed by atoms with Crippen LogP contribution in [0.1, 0.15) is 21.5 Å². The summed E-state index contributed by atoms with van der Waals surface area (Å²) >= 11 is 0. The van der Waals surface area contributed by atoms with Gasteiger partial charge in [0, 0.05) is 11.8 Å². The third-order valence-electron chi connectivity index (χ3n) is 3.97. The summed E-state index contributed by atoms with van der Waals surface area (Å²) < 4.78 is 1.35. The number of aromatic carboxylic acids is 1. The van der Waals surface area contributed by atoms with Crippen molar-refractivity contribution in [1.82, 2.24) is 9.55 Å². The molecule has 2 aromatic carbocycles. The van der Waals surface area contributed by atoms with Crippen LogP contribution in [-0.2, 0) is 0 Å². The first-order valence-corrected chi connectivity index (χ1v) is 7.47. The SMILES string of the molecule is Cc1ccc(-n2c(-c3ccccc3)ncc(C(=O)O)c2=O)cc1C. The molecule has 0 saturated heterocycles. The lowest BCUT2D eigenvalue weighted by molar-refractivity contribution is 0.0694. The second-order valence-electron chi connectivity index (χ2n) is 5.58. The summed E-state index contributed by atoms with van der Waals surface area (Å²) in [5.74, 6) is -0.876. The summed E-state index contributed by atoms with van der Waals surface area (Å²) in [6, 6.07) is 14.8. The normalized spacial score (nSPS) is 10.6. The molecule has 5 nitrogen and oxygen atoms in total. The lowest BCUT2D eigenvalue weighted by atomic mass is 10.1. The van der Waals surface area contributed by atoms with E-state index in [0.717, 1.165) is 22.9 Å². The Hall–Kier alpha value is -3.21. The molecule has 0 amide bonds. The maximum atomic E-state index is 12.7. The molecule has 0 radical (unpaired) electrons. The maximum Gasteiger partial charge on any atom is 0.342 e. The van der Waals surface area contributed by atoms with Gasteiger partial charge in [0.1, 0.15) is 11.4 Å². The Bertz CT molecular complexity index is 976. The Morgan fingerprint density at radius 1 is 1.04 bits per heavy atom. The second kappa shape index (κ2) is 6.12. The number of carbonyl (C=O) groups is 1. The molecule has 0 atom stereocenters. The molecule has 1 aromatic heterocycles. The van der Waals surface area contributed by atoms with E-state index < -0.39 is 11.5 Å². The number of aryl methyl sites for hydroxylation is 2. The summed E-state index contributed by atoms with van der Waals surface area (Å²) in [5, 5.41) is 9.24. The molecular weight excluding hydrogens is 304 g/mol. The molecule has 3 aromatic rings. The van der Waals surface area contributed by atoms with Gasteiger partial charge in [-0.2, -0.15) is 0 Å². The monoisotopic (exact) mass is 320 g/mol. The number of nitrogens with zero attached hydrogens (tertiary/aromatic N) is 2. The number of hydrogen-bond donors (Lipinski definition) is 1. The largest absolute Gasteiger partial charge is 0.477 e. The van der Waals surface area contributed by atoms with Crippen LogP contribution >= 0.6 is 0 Å². The maximum absolute atomic E-state index is 12.7. The fraction of sp³-hybridized carbons (Fsp3) is 0.105.